The van der Waals surface area contributed by atoms with Gasteiger partial charge in [-0.15, -0.1) is 0 Å². The number of aliphatic hydroxyl groups excluding tert-OH is 1. The van der Waals surface area contributed by atoms with Crippen LogP contribution in [0.2, 0.25) is 5.02 Å². The molecule has 1 amide bonds. The second-order valence-electron chi connectivity index (χ2n) is 3.04. The van der Waals surface area contributed by atoms with E-state index in [9.17, 15) is 4.79 Å². The summed E-state index contributed by atoms with van der Waals surface area (Å²) in [5.74, 6) is -0.379. The zero-order valence-electron chi connectivity index (χ0n) is 7.66. The van der Waals surface area contributed by atoms with Crippen molar-refractivity contribution < 1.29 is 9.90 Å². The normalized spacial score (nSPS) is 10.1. The molecule has 4 heteroatoms. The quantitative estimate of drug-likeness (QED) is 0.781. The summed E-state index contributed by atoms with van der Waals surface area (Å²) in [6.07, 6.45) is 0.717. The Bertz CT molecular complexity index is 339. The highest BCUT2D eigenvalue weighted by molar-refractivity contribution is 6.31. The molecular weight excluding hydrogens is 202 g/mol. The molecule has 1 aromatic carbocycles. The van der Waals surface area contributed by atoms with E-state index in [2.05, 4.69) is 0 Å². The van der Waals surface area contributed by atoms with E-state index in [4.69, 9.17) is 22.4 Å². The van der Waals surface area contributed by atoms with Crippen molar-refractivity contribution >= 4 is 17.5 Å². The molecule has 0 aromatic heterocycles. The number of primary amides is 1. The summed E-state index contributed by atoms with van der Waals surface area (Å²) >= 11 is 5.93. The molecule has 0 aliphatic rings. The Morgan fingerprint density at radius 2 is 2.21 bits per heavy atom. The smallest absolute Gasteiger partial charge is 0.221 e. The Morgan fingerprint density at radius 3 is 2.71 bits per heavy atom. The maximum absolute atomic E-state index is 10.6. The molecule has 3 N–H and O–H groups in total. The molecule has 0 fully saturated rings. The second kappa shape index (κ2) is 4.98. The van der Waals surface area contributed by atoms with Crippen LogP contribution >= 0.6 is 11.6 Å². The van der Waals surface area contributed by atoms with Gasteiger partial charge in [-0.05, 0) is 23.6 Å². The lowest BCUT2D eigenvalue weighted by Gasteiger charge is -2.04. The first-order valence-corrected chi connectivity index (χ1v) is 4.67. The molecule has 1 aromatic rings. The SMILES string of the molecule is NC(=O)Cc1ccc(CCO)c(Cl)c1. The fourth-order valence-electron chi connectivity index (χ4n) is 1.23. The lowest BCUT2D eigenvalue weighted by atomic mass is 10.1. The Hall–Kier alpha value is -1.06. The van der Waals surface area contributed by atoms with Crippen molar-refractivity contribution in [2.24, 2.45) is 5.73 Å². The van der Waals surface area contributed by atoms with Crippen LogP contribution in [0, 0.1) is 0 Å². The van der Waals surface area contributed by atoms with E-state index in [-0.39, 0.29) is 18.9 Å². The van der Waals surface area contributed by atoms with Crippen molar-refractivity contribution in [2.75, 3.05) is 6.61 Å². The van der Waals surface area contributed by atoms with E-state index in [1.54, 1.807) is 18.2 Å². The largest absolute Gasteiger partial charge is 0.396 e. The third kappa shape index (κ3) is 3.01. The van der Waals surface area contributed by atoms with Gasteiger partial charge in [0.2, 0.25) is 5.91 Å². The van der Waals surface area contributed by atoms with Gasteiger partial charge in [0.25, 0.3) is 0 Å². The van der Waals surface area contributed by atoms with E-state index >= 15 is 0 Å². The molecule has 0 bridgehead atoms. The van der Waals surface area contributed by atoms with E-state index in [1.807, 2.05) is 0 Å². The number of rotatable bonds is 4. The van der Waals surface area contributed by atoms with Crippen LogP contribution in [-0.4, -0.2) is 17.6 Å². The minimum absolute atomic E-state index is 0.0644. The Kier molecular flexibility index (Phi) is 3.92. The number of carbonyl (C=O) groups excluding carboxylic acids is 1. The Balaban J connectivity index is 2.83. The van der Waals surface area contributed by atoms with E-state index in [1.165, 1.54) is 0 Å². The van der Waals surface area contributed by atoms with Gasteiger partial charge in [-0.25, -0.2) is 0 Å². The summed E-state index contributed by atoms with van der Waals surface area (Å²) in [7, 11) is 0. The van der Waals surface area contributed by atoms with Crippen molar-refractivity contribution in [2.45, 2.75) is 12.8 Å². The number of halogens is 1. The van der Waals surface area contributed by atoms with Gasteiger partial charge in [-0.3, -0.25) is 4.79 Å². The number of benzene rings is 1. The highest BCUT2D eigenvalue weighted by Crippen LogP contribution is 2.18. The first-order chi connectivity index (χ1) is 6.63. The van der Waals surface area contributed by atoms with Gasteiger partial charge in [-0.1, -0.05) is 23.7 Å². The first kappa shape index (κ1) is 11.0. The Labute approximate surface area is 87.5 Å². The van der Waals surface area contributed by atoms with Crippen LogP contribution in [-0.2, 0) is 17.6 Å². The molecule has 1 rings (SSSR count). The number of aliphatic hydroxyl groups is 1. The molecule has 3 nitrogen and oxygen atoms in total. The van der Waals surface area contributed by atoms with Gasteiger partial charge < -0.3 is 10.8 Å². The molecule has 0 heterocycles. The second-order valence-corrected chi connectivity index (χ2v) is 3.45. The highest BCUT2D eigenvalue weighted by Gasteiger charge is 2.03. The van der Waals surface area contributed by atoms with Gasteiger partial charge >= 0.3 is 0 Å². The summed E-state index contributed by atoms with van der Waals surface area (Å²) < 4.78 is 0. The molecule has 0 atom stereocenters. The molecule has 0 spiro atoms. The van der Waals surface area contributed by atoms with E-state index in [0.29, 0.717) is 11.4 Å². The van der Waals surface area contributed by atoms with Gasteiger partial charge in [0.1, 0.15) is 0 Å². The van der Waals surface area contributed by atoms with Gasteiger partial charge in [0, 0.05) is 11.6 Å². The third-order valence-electron chi connectivity index (χ3n) is 1.88. The number of carbonyl (C=O) groups is 1. The van der Waals surface area contributed by atoms with Crippen LogP contribution in [0.5, 0.6) is 0 Å². The van der Waals surface area contributed by atoms with Crippen LogP contribution in [0.1, 0.15) is 11.1 Å². The molecular formula is C10H12ClNO2. The van der Waals surface area contributed by atoms with Gasteiger partial charge in [-0.2, -0.15) is 0 Å². The first-order valence-electron chi connectivity index (χ1n) is 4.30. The summed E-state index contributed by atoms with van der Waals surface area (Å²) in [5, 5.41) is 9.29. The van der Waals surface area contributed by atoms with Crippen LogP contribution in [0.3, 0.4) is 0 Å². The maximum atomic E-state index is 10.6. The average molecular weight is 214 g/mol. The summed E-state index contributed by atoms with van der Waals surface area (Å²) in [6, 6.07) is 5.30. The summed E-state index contributed by atoms with van der Waals surface area (Å²) in [6.45, 7) is 0.0644. The number of nitrogens with two attached hydrogens (primary N) is 1. The fraction of sp³-hybridized carbons (Fsp3) is 0.300. The predicted octanol–water partition coefficient (Wildman–Crippen LogP) is 0.903. The molecule has 14 heavy (non-hydrogen) atoms. The zero-order valence-corrected chi connectivity index (χ0v) is 8.42. The topological polar surface area (TPSA) is 63.3 Å². The number of hydrogen-bond donors (Lipinski definition) is 2. The maximum Gasteiger partial charge on any atom is 0.221 e. The molecule has 76 valence electrons. The average Bonchev–Trinajstić information content (AvgIpc) is 2.09. The van der Waals surface area contributed by atoms with E-state index in [0.717, 1.165) is 11.1 Å². The lowest BCUT2D eigenvalue weighted by Crippen LogP contribution is -2.13. The molecule has 0 saturated carbocycles. The molecule has 0 saturated heterocycles. The van der Waals surface area contributed by atoms with Crippen molar-refractivity contribution in [1.29, 1.82) is 0 Å². The number of amides is 1. The lowest BCUT2D eigenvalue weighted by molar-refractivity contribution is -0.117. The van der Waals surface area contributed by atoms with Crippen LogP contribution in [0.25, 0.3) is 0 Å². The highest BCUT2D eigenvalue weighted by atomic mass is 35.5. The Morgan fingerprint density at radius 1 is 1.50 bits per heavy atom. The van der Waals surface area contributed by atoms with Crippen LogP contribution < -0.4 is 5.73 Å². The zero-order chi connectivity index (χ0) is 10.6. The minimum Gasteiger partial charge on any atom is -0.396 e. The summed E-state index contributed by atoms with van der Waals surface area (Å²) in [5.41, 5.74) is 6.72. The molecule has 0 radical (unpaired) electrons. The standard InChI is InChI=1S/C10H12ClNO2/c11-9-5-7(6-10(12)14)1-2-8(9)3-4-13/h1-2,5,13H,3-4,6H2,(H2,12,14). The minimum atomic E-state index is -0.379. The van der Waals surface area contributed by atoms with Crippen molar-refractivity contribution in [3.63, 3.8) is 0 Å². The van der Waals surface area contributed by atoms with Crippen LogP contribution in [0.4, 0.5) is 0 Å². The van der Waals surface area contributed by atoms with Gasteiger partial charge in [0.15, 0.2) is 0 Å². The van der Waals surface area contributed by atoms with Gasteiger partial charge in [0.05, 0.1) is 6.42 Å². The summed E-state index contributed by atoms with van der Waals surface area (Å²) in [4.78, 5) is 10.6. The number of hydrogen-bond acceptors (Lipinski definition) is 2. The fourth-order valence-corrected chi connectivity index (χ4v) is 1.52. The van der Waals surface area contributed by atoms with Crippen LogP contribution in [0.15, 0.2) is 18.2 Å². The van der Waals surface area contributed by atoms with Crippen molar-refractivity contribution in [3.05, 3.63) is 34.3 Å². The molecule has 0 unspecified atom stereocenters. The molecule has 0 aliphatic heterocycles. The van der Waals surface area contributed by atoms with E-state index < -0.39 is 0 Å². The van der Waals surface area contributed by atoms with Crippen molar-refractivity contribution in [1.82, 2.24) is 0 Å². The van der Waals surface area contributed by atoms with Crippen molar-refractivity contribution in [3.8, 4) is 0 Å². The monoisotopic (exact) mass is 213 g/mol. The third-order valence-corrected chi connectivity index (χ3v) is 2.23. The predicted molar refractivity (Wildman–Crippen MR) is 55.1 cm³/mol. The molecule has 0 aliphatic carbocycles.